The summed E-state index contributed by atoms with van der Waals surface area (Å²) in [5, 5.41) is 8.90. The molecule has 2 N–H and O–H groups in total. The number of benzene rings is 3. The second-order valence-corrected chi connectivity index (χ2v) is 8.07. The van der Waals surface area contributed by atoms with Crippen molar-refractivity contribution in [1.29, 1.82) is 5.26 Å². The molecule has 1 unspecified atom stereocenters. The normalized spacial score (nSPS) is 14.2. The Hall–Kier alpha value is -4.84. The van der Waals surface area contributed by atoms with E-state index in [0.29, 0.717) is 22.7 Å². The van der Waals surface area contributed by atoms with Crippen LogP contribution >= 0.6 is 0 Å². The summed E-state index contributed by atoms with van der Waals surface area (Å²) in [6.45, 7) is 1.52. The van der Waals surface area contributed by atoms with Crippen LogP contribution in [0.2, 0.25) is 0 Å². The van der Waals surface area contributed by atoms with Crippen LogP contribution in [0.3, 0.4) is 0 Å². The fourth-order valence-electron chi connectivity index (χ4n) is 3.67. The summed E-state index contributed by atoms with van der Waals surface area (Å²) in [5.41, 5.74) is 7.74. The summed E-state index contributed by atoms with van der Waals surface area (Å²) < 4.78 is 11.1. The molecule has 0 saturated heterocycles. The highest BCUT2D eigenvalue weighted by atomic mass is 16.5. The van der Waals surface area contributed by atoms with E-state index in [2.05, 4.69) is 16.9 Å². The molecule has 0 aromatic heterocycles. The highest BCUT2D eigenvalue weighted by Gasteiger charge is 2.31. The number of nitriles is 1. The SMILES string of the molecule is CC1Oc2ccccc2N(CCC(=O)NNC(=O)COc2ccc(-c3ccc(C#N)cc3)cc2)C1=O. The molecule has 9 nitrogen and oxygen atoms in total. The van der Waals surface area contributed by atoms with E-state index in [1.807, 2.05) is 30.3 Å². The van der Waals surface area contributed by atoms with E-state index in [1.54, 1.807) is 49.4 Å². The topological polar surface area (TPSA) is 121 Å². The molecule has 182 valence electrons. The van der Waals surface area contributed by atoms with Crippen molar-refractivity contribution in [2.75, 3.05) is 18.1 Å². The summed E-state index contributed by atoms with van der Waals surface area (Å²) in [6, 6.07) is 23.6. The molecule has 0 saturated carbocycles. The molecule has 3 aromatic rings. The molecule has 0 spiro atoms. The Kier molecular flexibility index (Phi) is 7.46. The number of ether oxygens (including phenoxy) is 2. The van der Waals surface area contributed by atoms with E-state index in [0.717, 1.165) is 11.1 Å². The number of fused-ring (bicyclic) bond motifs is 1. The lowest BCUT2D eigenvalue weighted by Gasteiger charge is -2.32. The van der Waals surface area contributed by atoms with Crippen molar-refractivity contribution >= 4 is 23.4 Å². The van der Waals surface area contributed by atoms with Crippen LogP contribution in [-0.4, -0.2) is 37.0 Å². The minimum absolute atomic E-state index is 0.00919. The van der Waals surface area contributed by atoms with Crippen LogP contribution in [0.4, 0.5) is 5.69 Å². The third kappa shape index (κ3) is 5.80. The van der Waals surface area contributed by atoms with Gasteiger partial charge in [0, 0.05) is 13.0 Å². The predicted octanol–water partition coefficient (Wildman–Crippen LogP) is 2.96. The van der Waals surface area contributed by atoms with E-state index in [4.69, 9.17) is 14.7 Å². The average molecular weight is 485 g/mol. The highest BCUT2D eigenvalue weighted by Crippen LogP contribution is 2.33. The number of hydrogen-bond acceptors (Lipinski definition) is 6. The maximum atomic E-state index is 12.5. The number of nitrogens with one attached hydrogen (secondary N) is 2. The second kappa shape index (κ2) is 11.1. The summed E-state index contributed by atoms with van der Waals surface area (Å²) in [4.78, 5) is 38.3. The Morgan fingerprint density at radius 3 is 2.31 bits per heavy atom. The first-order valence-electron chi connectivity index (χ1n) is 11.3. The Labute approximate surface area is 208 Å². The average Bonchev–Trinajstić information content (AvgIpc) is 2.91. The van der Waals surface area contributed by atoms with Gasteiger partial charge in [0.2, 0.25) is 5.91 Å². The van der Waals surface area contributed by atoms with Gasteiger partial charge in [-0.15, -0.1) is 0 Å². The van der Waals surface area contributed by atoms with Gasteiger partial charge >= 0.3 is 0 Å². The first-order chi connectivity index (χ1) is 17.4. The van der Waals surface area contributed by atoms with Gasteiger partial charge in [-0.05, 0) is 54.4 Å². The van der Waals surface area contributed by atoms with Crippen LogP contribution in [0, 0.1) is 11.3 Å². The smallest absolute Gasteiger partial charge is 0.276 e. The van der Waals surface area contributed by atoms with Gasteiger partial charge in [0.15, 0.2) is 12.7 Å². The number of nitrogens with zero attached hydrogens (tertiary/aromatic N) is 2. The Morgan fingerprint density at radius 1 is 0.972 bits per heavy atom. The van der Waals surface area contributed by atoms with Gasteiger partial charge in [0.25, 0.3) is 11.8 Å². The van der Waals surface area contributed by atoms with E-state index < -0.39 is 17.9 Å². The molecule has 3 amide bonds. The molecular weight excluding hydrogens is 460 g/mol. The van der Waals surface area contributed by atoms with Crippen LogP contribution in [0.1, 0.15) is 18.9 Å². The van der Waals surface area contributed by atoms with Crippen molar-refractivity contribution in [1.82, 2.24) is 10.9 Å². The van der Waals surface area contributed by atoms with Gasteiger partial charge in [-0.1, -0.05) is 36.4 Å². The minimum Gasteiger partial charge on any atom is -0.484 e. The predicted molar refractivity (Wildman–Crippen MR) is 132 cm³/mol. The van der Waals surface area contributed by atoms with Gasteiger partial charge in [-0.25, -0.2) is 0 Å². The summed E-state index contributed by atoms with van der Waals surface area (Å²) >= 11 is 0. The number of amides is 3. The molecular formula is C27H24N4O5. The molecule has 1 heterocycles. The van der Waals surface area contributed by atoms with Crippen molar-refractivity contribution in [3.05, 3.63) is 78.4 Å². The largest absolute Gasteiger partial charge is 0.484 e. The van der Waals surface area contributed by atoms with Crippen molar-refractivity contribution in [3.63, 3.8) is 0 Å². The molecule has 9 heteroatoms. The lowest BCUT2D eigenvalue weighted by atomic mass is 10.0. The van der Waals surface area contributed by atoms with Crippen LogP contribution in [0.25, 0.3) is 11.1 Å². The molecule has 1 aliphatic rings. The van der Waals surface area contributed by atoms with Gasteiger partial charge in [-0.3, -0.25) is 25.2 Å². The molecule has 0 aliphatic carbocycles. The lowest BCUT2D eigenvalue weighted by molar-refractivity contribution is -0.130. The fraction of sp³-hybridized carbons (Fsp3) is 0.185. The number of hydrogen-bond donors (Lipinski definition) is 2. The summed E-state index contributed by atoms with van der Waals surface area (Å²) in [7, 11) is 0. The molecule has 0 radical (unpaired) electrons. The van der Waals surface area contributed by atoms with Gasteiger partial charge in [0.05, 0.1) is 17.3 Å². The Bertz CT molecular complexity index is 1300. The minimum atomic E-state index is -0.641. The number of carbonyl (C=O) groups is 3. The van der Waals surface area contributed by atoms with Gasteiger partial charge in [0.1, 0.15) is 11.5 Å². The number of rotatable bonds is 7. The molecule has 1 atom stereocenters. The number of carbonyl (C=O) groups excluding carboxylic acids is 3. The lowest BCUT2D eigenvalue weighted by Crippen LogP contribution is -2.48. The van der Waals surface area contributed by atoms with Gasteiger partial charge in [-0.2, -0.15) is 5.26 Å². The Morgan fingerprint density at radius 2 is 1.61 bits per heavy atom. The third-order valence-electron chi connectivity index (χ3n) is 5.55. The van der Waals surface area contributed by atoms with Crippen LogP contribution in [0.15, 0.2) is 72.8 Å². The molecule has 3 aromatic carbocycles. The highest BCUT2D eigenvalue weighted by molar-refractivity contribution is 6.00. The first kappa shape index (κ1) is 24.3. The van der Waals surface area contributed by atoms with E-state index in [1.165, 1.54) is 4.90 Å². The van der Waals surface area contributed by atoms with Crippen molar-refractivity contribution in [2.24, 2.45) is 0 Å². The number of hydrazine groups is 1. The number of para-hydroxylation sites is 2. The quantitative estimate of drug-likeness (QED) is 0.498. The van der Waals surface area contributed by atoms with Crippen LogP contribution in [-0.2, 0) is 14.4 Å². The third-order valence-corrected chi connectivity index (χ3v) is 5.55. The first-order valence-corrected chi connectivity index (χ1v) is 11.3. The maximum absolute atomic E-state index is 12.5. The Balaban J connectivity index is 1.21. The van der Waals surface area contributed by atoms with Gasteiger partial charge < -0.3 is 14.4 Å². The second-order valence-electron chi connectivity index (χ2n) is 8.07. The molecule has 36 heavy (non-hydrogen) atoms. The van der Waals surface area contributed by atoms with Crippen LogP contribution in [0.5, 0.6) is 11.5 Å². The van der Waals surface area contributed by atoms with Crippen molar-refractivity contribution < 1.29 is 23.9 Å². The summed E-state index contributed by atoms with van der Waals surface area (Å²) in [6.07, 6.45) is -0.650. The van der Waals surface area contributed by atoms with E-state index in [-0.39, 0.29) is 25.5 Å². The molecule has 1 aliphatic heterocycles. The molecule has 0 fully saturated rings. The zero-order valence-corrected chi connectivity index (χ0v) is 19.6. The molecule has 4 rings (SSSR count). The fourth-order valence-corrected chi connectivity index (χ4v) is 3.67. The number of anilines is 1. The van der Waals surface area contributed by atoms with Crippen molar-refractivity contribution in [2.45, 2.75) is 19.4 Å². The monoisotopic (exact) mass is 484 g/mol. The van der Waals surface area contributed by atoms with Crippen LogP contribution < -0.4 is 25.2 Å². The zero-order chi connectivity index (χ0) is 25.5. The maximum Gasteiger partial charge on any atom is 0.276 e. The van der Waals surface area contributed by atoms with Crippen molar-refractivity contribution in [3.8, 4) is 28.7 Å². The standard InChI is InChI=1S/C27H24N4O5/c1-18-27(34)31(23-4-2-3-5-24(23)36-18)15-14-25(32)29-30-26(33)17-35-22-12-10-21(11-13-22)20-8-6-19(16-28)7-9-20/h2-13,18H,14-15,17H2,1H3,(H,29,32)(H,30,33). The molecule has 0 bridgehead atoms. The van der Waals surface area contributed by atoms with E-state index in [9.17, 15) is 14.4 Å². The van der Waals surface area contributed by atoms with E-state index >= 15 is 0 Å². The summed E-state index contributed by atoms with van der Waals surface area (Å²) in [5.74, 6) is -0.127. The zero-order valence-electron chi connectivity index (χ0n) is 19.6.